The molecule has 0 unspecified atom stereocenters. The third kappa shape index (κ3) is 4.38. The van der Waals surface area contributed by atoms with E-state index in [1.165, 1.54) is 0 Å². The van der Waals surface area contributed by atoms with Crippen molar-refractivity contribution in [2.24, 2.45) is 11.8 Å². The van der Waals surface area contributed by atoms with Gasteiger partial charge in [-0.15, -0.1) is 0 Å². The van der Waals surface area contributed by atoms with Crippen molar-refractivity contribution >= 4 is 11.8 Å². The van der Waals surface area contributed by atoms with E-state index in [2.05, 4.69) is 5.32 Å². The van der Waals surface area contributed by atoms with E-state index in [9.17, 15) is 14.4 Å². The molecule has 2 aromatic heterocycles. The Kier molecular flexibility index (Phi) is 5.89. The molecular weight excluding hydrogens is 406 g/mol. The minimum atomic E-state index is -0.0382. The summed E-state index contributed by atoms with van der Waals surface area (Å²) < 4.78 is 7.34. The molecule has 2 aromatic rings. The first-order chi connectivity index (χ1) is 15.6. The normalized spacial score (nSPS) is 26.6. The molecule has 2 amide bonds. The summed E-state index contributed by atoms with van der Waals surface area (Å²) in [4.78, 5) is 39.6. The second-order valence-corrected chi connectivity index (χ2v) is 9.65. The second-order valence-electron chi connectivity index (χ2n) is 9.65. The highest BCUT2D eigenvalue weighted by Gasteiger charge is 2.36. The van der Waals surface area contributed by atoms with Crippen LogP contribution in [0.25, 0.3) is 0 Å². The zero-order chi connectivity index (χ0) is 22.1. The van der Waals surface area contributed by atoms with Crippen molar-refractivity contribution in [3.63, 3.8) is 0 Å². The molecule has 1 aliphatic carbocycles. The van der Waals surface area contributed by atoms with E-state index in [4.69, 9.17) is 4.42 Å². The Morgan fingerprint density at radius 1 is 1.06 bits per heavy atom. The van der Waals surface area contributed by atoms with Gasteiger partial charge in [-0.1, -0.05) is 12.5 Å². The standard InChI is InChI=1S/C25H31N3O4/c29-23(26-21-6-1-4-18(21)13-20-5-3-11-32-20)9-10-24(30)27-14-17-12-19(16-27)22-7-2-8-25(31)28(22)15-17/h2-3,5,7-8,11,17-19,21H,1,4,6,9-10,12-16H2,(H,26,29)/t17-,18-,19+,21-/m1/s1. The van der Waals surface area contributed by atoms with Gasteiger partial charge in [0.25, 0.3) is 5.56 Å². The molecule has 3 aliphatic rings. The summed E-state index contributed by atoms with van der Waals surface area (Å²) in [5.41, 5.74) is 1.08. The van der Waals surface area contributed by atoms with Crippen LogP contribution in [0, 0.1) is 11.8 Å². The van der Waals surface area contributed by atoms with Gasteiger partial charge in [0.2, 0.25) is 11.8 Å². The van der Waals surface area contributed by atoms with Crippen LogP contribution in [0.4, 0.5) is 0 Å². The van der Waals surface area contributed by atoms with Crippen LogP contribution in [-0.4, -0.2) is 40.4 Å². The van der Waals surface area contributed by atoms with Crippen LogP contribution in [0.1, 0.15) is 55.9 Å². The average Bonchev–Trinajstić information content (AvgIpc) is 3.45. The molecule has 7 heteroatoms. The maximum absolute atomic E-state index is 12.9. The number of furan rings is 1. The summed E-state index contributed by atoms with van der Waals surface area (Å²) in [6.07, 6.45) is 7.20. The summed E-state index contributed by atoms with van der Waals surface area (Å²) >= 11 is 0. The molecule has 1 N–H and O–H groups in total. The van der Waals surface area contributed by atoms with E-state index < -0.39 is 0 Å². The quantitative estimate of drug-likeness (QED) is 0.753. The van der Waals surface area contributed by atoms with Crippen molar-refractivity contribution in [1.29, 1.82) is 0 Å². The number of nitrogens with zero attached hydrogens (tertiary/aromatic N) is 2. The van der Waals surface area contributed by atoms with E-state index >= 15 is 0 Å². The first kappa shape index (κ1) is 21.0. The smallest absolute Gasteiger partial charge is 0.250 e. The molecule has 170 valence electrons. The lowest BCUT2D eigenvalue weighted by Gasteiger charge is -2.42. The Bertz CT molecular complexity index is 1030. The molecule has 2 fully saturated rings. The second kappa shape index (κ2) is 8.96. The third-order valence-electron chi connectivity index (χ3n) is 7.45. The number of rotatable bonds is 6. The minimum Gasteiger partial charge on any atom is -0.469 e. The number of piperidine rings is 1. The molecule has 0 radical (unpaired) electrons. The highest BCUT2D eigenvalue weighted by Crippen LogP contribution is 2.35. The summed E-state index contributed by atoms with van der Waals surface area (Å²) in [6.45, 7) is 1.98. The fourth-order valence-corrected chi connectivity index (χ4v) is 5.92. The molecule has 1 saturated carbocycles. The molecule has 32 heavy (non-hydrogen) atoms. The first-order valence-corrected chi connectivity index (χ1v) is 11.9. The monoisotopic (exact) mass is 437 g/mol. The van der Waals surface area contributed by atoms with Crippen LogP contribution in [0.3, 0.4) is 0 Å². The van der Waals surface area contributed by atoms with Crippen LogP contribution in [0.2, 0.25) is 0 Å². The van der Waals surface area contributed by atoms with Gasteiger partial charge in [-0.2, -0.15) is 0 Å². The van der Waals surface area contributed by atoms with Gasteiger partial charge >= 0.3 is 0 Å². The number of hydrogen-bond acceptors (Lipinski definition) is 4. The summed E-state index contributed by atoms with van der Waals surface area (Å²) in [7, 11) is 0. The Hall–Kier alpha value is -2.83. The lowest BCUT2D eigenvalue weighted by Crippen LogP contribution is -2.49. The van der Waals surface area contributed by atoms with Crippen LogP contribution in [-0.2, 0) is 22.6 Å². The van der Waals surface area contributed by atoms with Crippen molar-refractivity contribution < 1.29 is 14.0 Å². The number of nitrogens with one attached hydrogen (secondary N) is 1. The van der Waals surface area contributed by atoms with Crippen molar-refractivity contribution in [3.05, 3.63) is 58.4 Å². The molecule has 2 aliphatic heterocycles. The Morgan fingerprint density at radius 3 is 2.81 bits per heavy atom. The van der Waals surface area contributed by atoms with Gasteiger partial charge in [0.05, 0.1) is 6.26 Å². The number of amides is 2. The highest BCUT2D eigenvalue weighted by molar-refractivity contribution is 5.84. The number of carbonyl (C=O) groups is 2. The van der Waals surface area contributed by atoms with Crippen LogP contribution < -0.4 is 10.9 Å². The maximum atomic E-state index is 12.9. The van der Waals surface area contributed by atoms with Gasteiger partial charge in [0, 0.05) is 62.6 Å². The summed E-state index contributed by atoms with van der Waals surface area (Å²) in [6, 6.07) is 9.46. The van der Waals surface area contributed by atoms with Gasteiger partial charge in [-0.05, 0) is 49.3 Å². The molecular formula is C25H31N3O4. The van der Waals surface area contributed by atoms with Crippen LogP contribution >= 0.6 is 0 Å². The molecule has 4 atom stereocenters. The molecule has 1 saturated heterocycles. The third-order valence-corrected chi connectivity index (χ3v) is 7.45. The van der Waals surface area contributed by atoms with Crippen LogP contribution in [0.5, 0.6) is 0 Å². The fraction of sp³-hybridized carbons (Fsp3) is 0.560. The van der Waals surface area contributed by atoms with E-state index in [-0.39, 0.29) is 42.2 Å². The molecule has 0 spiro atoms. The molecule has 4 heterocycles. The average molecular weight is 438 g/mol. The van der Waals surface area contributed by atoms with Crippen molar-refractivity contribution in [1.82, 2.24) is 14.8 Å². The number of fused-ring (bicyclic) bond motifs is 4. The lowest BCUT2D eigenvalue weighted by molar-refractivity contribution is -0.136. The van der Waals surface area contributed by atoms with Gasteiger partial charge in [0.1, 0.15) is 5.76 Å². The predicted octanol–water partition coefficient (Wildman–Crippen LogP) is 2.69. The van der Waals surface area contributed by atoms with E-state index in [1.807, 2.05) is 33.7 Å². The van der Waals surface area contributed by atoms with Crippen molar-refractivity contribution in [2.75, 3.05) is 13.1 Å². The zero-order valence-electron chi connectivity index (χ0n) is 18.4. The van der Waals surface area contributed by atoms with E-state index in [1.54, 1.807) is 12.3 Å². The predicted molar refractivity (Wildman–Crippen MR) is 119 cm³/mol. The van der Waals surface area contributed by atoms with Gasteiger partial charge in [0.15, 0.2) is 0 Å². The SMILES string of the molecule is O=C(CCC(=O)N1C[C@H]2C[C@@H](C1)c1cccc(=O)n1C2)N[C@@H]1CCC[C@@H]1Cc1ccco1. The largest absolute Gasteiger partial charge is 0.469 e. The van der Waals surface area contributed by atoms with Crippen LogP contribution in [0.15, 0.2) is 45.8 Å². The Labute approximate surface area is 187 Å². The summed E-state index contributed by atoms with van der Waals surface area (Å²) in [5, 5.41) is 3.17. The van der Waals surface area contributed by atoms with Gasteiger partial charge < -0.3 is 19.2 Å². The number of aromatic nitrogens is 1. The lowest BCUT2D eigenvalue weighted by atomic mass is 9.83. The molecule has 5 rings (SSSR count). The van der Waals surface area contributed by atoms with Gasteiger partial charge in [-0.3, -0.25) is 14.4 Å². The van der Waals surface area contributed by atoms with E-state index in [0.717, 1.165) is 43.6 Å². The highest BCUT2D eigenvalue weighted by atomic mass is 16.3. The van der Waals surface area contributed by atoms with Crippen molar-refractivity contribution in [2.45, 2.75) is 63.5 Å². The molecule has 2 bridgehead atoms. The Morgan fingerprint density at radius 2 is 1.97 bits per heavy atom. The van der Waals surface area contributed by atoms with Gasteiger partial charge in [-0.25, -0.2) is 0 Å². The topological polar surface area (TPSA) is 84.5 Å². The minimum absolute atomic E-state index is 0.0382. The number of likely N-dealkylation sites (tertiary alicyclic amines) is 1. The number of hydrogen-bond donors (Lipinski definition) is 1. The number of pyridine rings is 1. The van der Waals surface area contributed by atoms with Crippen molar-refractivity contribution in [3.8, 4) is 0 Å². The zero-order valence-corrected chi connectivity index (χ0v) is 18.4. The number of carbonyl (C=O) groups excluding carboxylic acids is 2. The summed E-state index contributed by atoms with van der Waals surface area (Å²) in [5.74, 6) is 1.87. The maximum Gasteiger partial charge on any atom is 0.250 e. The molecule has 7 nitrogen and oxygen atoms in total. The fourth-order valence-electron chi connectivity index (χ4n) is 5.92. The first-order valence-electron chi connectivity index (χ1n) is 11.9. The molecule has 0 aromatic carbocycles. The van der Waals surface area contributed by atoms with E-state index in [0.29, 0.717) is 31.5 Å². The Balaban J connectivity index is 1.13.